The van der Waals surface area contributed by atoms with Crippen molar-refractivity contribution in [1.29, 1.82) is 0 Å². The van der Waals surface area contributed by atoms with Gasteiger partial charge in [0, 0.05) is 30.5 Å². The van der Waals surface area contributed by atoms with Crippen LogP contribution >= 0.6 is 0 Å². The van der Waals surface area contributed by atoms with Gasteiger partial charge < -0.3 is 10.2 Å². The topological polar surface area (TPSA) is 117 Å². The molecule has 9 nitrogen and oxygen atoms in total. The van der Waals surface area contributed by atoms with Crippen molar-refractivity contribution in [1.82, 2.24) is 15.2 Å². The van der Waals surface area contributed by atoms with Crippen molar-refractivity contribution in [3.63, 3.8) is 0 Å². The number of nitrogens with zero attached hydrogens (tertiary/aromatic N) is 3. The van der Waals surface area contributed by atoms with Crippen molar-refractivity contribution < 1.29 is 36.0 Å². The van der Waals surface area contributed by atoms with E-state index < -0.39 is 46.3 Å². The van der Waals surface area contributed by atoms with Crippen LogP contribution in [0.5, 0.6) is 0 Å². The molecule has 34 heavy (non-hydrogen) atoms. The molecule has 0 spiro atoms. The molecule has 0 atom stereocenters. The quantitative estimate of drug-likeness (QED) is 0.581. The van der Waals surface area contributed by atoms with Gasteiger partial charge in [0.1, 0.15) is 5.82 Å². The Morgan fingerprint density at radius 1 is 1.12 bits per heavy atom. The molecular formula is C21H21F3N4O5S. The first-order valence-corrected chi connectivity index (χ1v) is 11.9. The zero-order valence-electron chi connectivity index (χ0n) is 17.8. The fraction of sp³-hybridized carbons (Fsp3) is 0.333. The van der Waals surface area contributed by atoms with Crippen molar-refractivity contribution >= 4 is 33.2 Å². The third-order valence-corrected chi connectivity index (χ3v) is 6.66. The first-order valence-electron chi connectivity index (χ1n) is 10.1. The lowest BCUT2D eigenvalue weighted by atomic mass is 10.1. The molecule has 0 radical (unpaired) electrons. The van der Waals surface area contributed by atoms with E-state index in [1.165, 1.54) is 46.3 Å². The molecule has 1 saturated heterocycles. The number of anilines is 1. The Hall–Kier alpha value is -3.48. The molecular weight excluding hydrogens is 477 g/mol. The number of rotatable bonds is 7. The van der Waals surface area contributed by atoms with E-state index in [0.717, 1.165) is 6.07 Å². The maximum absolute atomic E-state index is 13.8. The lowest BCUT2D eigenvalue weighted by Crippen LogP contribution is -2.49. The number of Topliss-reactive ketones (excluding diaryl/α,β-unsaturated/α-hetero) is 1. The third-order valence-electron chi connectivity index (χ3n) is 5.05. The molecule has 13 heteroatoms. The van der Waals surface area contributed by atoms with E-state index in [9.17, 15) is 36.0 Å². The van der Waals surface area contributed by atoms with Crippen LogP contribution in [-0.2, 0) is 21.2 Å². The Balaban J connectivity index is 1.75. The number of carbonyl (C=O) groups excluding carboxylic acids is 3. The Labute approximate surface area is 193 Å². The number of ketones is 1. The minimum absolute atomic E-state index is 0.00180. The monoisotopic (exact) mass is 498 g/mol. The van der Waals surface area contributed by atoms with E-state index in [2.05, 4.69) is 4.98 Å². The van der Waals surface area contributed by atoms with Gasteiger partial charge in [-0.1, -0.05) is 6.07 Å². The van der Waals surface area contributed by atoms with Gasteiger partial charge in [-0.15, -0.1) is 0 Å². The summed E-state index contributed by atoms with van der Waals surface area (Å²) in [7, 11) is -3.22. The molecule has 3 amide bonds. The zero-order valence-corrected chi connectivity index (χ0v) is 18.6. The van der Waals surface area contributed by atoms with Gasteiger partial charge >= 0.3 is 12.5 Å². The van der Waals surface area contributed by atoms with Crippen LogP contribution in [0.1, 0.15) is 16.1 Å². The van der Waals surface area contributed by atoms with E-state index >= 15 is 0 Å². The van der Waals surface area contributed by atoms with E-state index in [1.807, 2.05) is 5.32 Å². The van der Waals surface area contributed by atoms with Crippen molar-refractivity contribution in [3.8, 4) is 0 Å². The molecule has 0 unspecified atom stereocenters. The number of nitrogens with one attached hydrogen (secondary N) is 1. The van der Waals surface area contributed by atoms with Gasteiger partial charge in [0.2, 0.25) is 0 Å². The zero-order chi connectivity index (χ0) is 24.9. The van der Waals surface area contributed by atoms with Gasteiger partial charge in [0.15, 0.2) is 15.6 Å². The van der Waals surface area contributed by atoms with Gasteiger partial charge in [0.05, 0.1) is 30.3 Å². The molecule has 0 saturated carbocycles. The molecule has 1 N–H and O–H groups in total. The summed E-state index contributed by atoms with van der Waals surface area (Å²) in [6, 6.07) is 7.58. The highest BCUT2D eigenvalue weighted by Crippen LogP contribution is 2.21. The lowest BCUT2D eigenvalue weighted by molar-refractivity contribution is -0.131. The highest BCUT2D eigenvalue weighted by molar-refractivity contribution is 7.91. The maximum Gasteiger partial charge on any atom is 0.324 e. The van der Waals surface area contributed by atoms with Gasteiger partial charge in [-0.2, -0.15) is 8.78 Å². The second-order valence-corrected chi connectivity index (χ2v) is 9.77. The Bertz CT molecular complexity index is 1160. The summed E-state index contributed by atoms with van der Waals surface area (Å²) in [5.41, 5.74) is 0.619. The molecule has 2 heterocycles. The van der Waals surface area contributed by atoms with Crippen molar-refractivity contribution in [2.75, 3.05) is 36.0 Å². The Morgan fingerprint density at radius 3 is 2.41 bits per heavy atom. The SMILES string of the molecule is O=C(CNC(=O)C(F)F)c1ccc(CN(C(=O)N2CCS(=O)(=O)CC2)c2cccc(F)c2)nc1. The number of carbonyl (C=O) groups is 3. The summed E-state index contributed by atoms with van der Waals surface area (Å²) in [5.74, 6) is -3.12. The number of sulfone groups is 1. The van der Waals surface area contributed by atoms with Crippen molar-refractivity contribution in [3.05, 3.63) is 59.7 Å². The molecule has 1 fully saturated rings. The van der Waals surface area contributed by atoms with Gasteiger partial charge in [-0.3, -0.25) is 19.5 Å². The average molecular weight is 498 g/mol. The molecule has 3 rings (SSSR count). The number of urea groups is 1. The number of hydrogen-bond acceptors (Lipinski definition) is 6. The summed E-state index contributed by atoms with van der Waals surface area (Å²) >= 11 is 0. The summed E-state index contributed by atoms with van der Waals surface area (Å²) in [4.78, 5) is 42.9. The van der Waals surface area contributed by atoms with Crippen LogP contribution in [0.15, 0.2) is 42.6 Å². The second-order valence-electron chi connectivity index (χ2n) is 7.47. The molecule has 1 aliphatic heterocycles. The van der Waals surface area contributed by atoms with Crippen molar-refractivity contribution in [2.24, 2.45) is 0 Å². The number of amides is 3. The summed E-state index contributed by atoms with van der Waals surface area (Å²) in [6.45, 7) is -0.742. The van der Waals surface area contributed by atoms with Crippen LogP contribution in [0.3, 0.4) is 0 Å². The smallest absolute Gasteiger partial charge is 0.324 e. The minimum atomic E-state index is -3.24. The average Bonchev–Trinajstić information content (AvgIpc) is 2.80. The molecule has 0 bridgehead atoms. The number of alkyl halides is 2. The Kier molecular flexibility index (Phi) is 7.87. The van der Waals surface area contributed by atoms with E-state index in [4.69, 9.17) is 0 Å². The van der Waals surface area contributed by atoms with Crippen LogP contribution in [0.2, 0.25) is 0 Å². The standard InChI is InChI=1S/C21H21F3N4O5S/c22-15-2-1-3-17(10-15)28(21(31)27-6-8-34(32,33)9-7-27)13-16-5-4-14(11-25-16)18(29)12-26-20(30)19(23)24/h1-5,10-11,19H,6-9,12-13H2,(H,26,30). The van der Waals surface area contributed by atoms with Crippen LogP contribution in [-0.4, -0.2) is 73.6 Å². The van der Waals surface area contributed by atoms with Crippen LogP contribution in [0, 0.1) is 5.82 Å². The molecule has 1 aromatic heterocycles. The predicted octanol–water partition coefficient (Wildman–Crippen LogP) is 1.64. The van der Waals surface area contributed by atoms with Gasteiger partial charge in [-0.25, -0.2) is 17.6 Å². The Morgan fingerprint density at radius 2 is 1.82 bits per heavy atom. The summed E-state index contributed by atoms with van der Waals surface area (Å²) in [6.07, 6.45) is -2.06. The number of hydrogen-bond donors (Lipinski definition) is 1. The van der Waals surface area contributed by atoms with Crippen molar-refractivity contribution in [2.45, 2.75) is 13.0 Å². The third kappa shape index (κ3) is 6.53. The lowest BCUT2D eigenvalue weighted by Gasteiger charge is -2.32. The minimum Gasteiger partial charge on any atom is -0.344 e. The van der Waals surface area contributed by atoms with Gasteiger partial charge in [0.25, 0.3) is 5.91 Å². The van der Waals surface area contributed by atoms with E-state index in [1.54, 1.807) is 0 Å². The molecule has 1 aliphatic rings. The van der Waals surface area contributed by atoms with Gasteiger partial charge in [-0.05, 0) is 30.3 Å². The normalized spacial score (nSPS) is 15.1. The highest BCUT2D eigenvalue weighted by Gasteiger charge is 2.29. The molecule has 2 aromatic rings. The summed E-state index contributed by atoms with van der Waals surface area (Å²) in [5, 5.41) is 1.81. The fourth-order valence-corrected chi connectivity index (χ4v) is 4.38. The van der Waals surface area contributed by atoms with Crippen LogP contribution in [0.4, 0.5) is 23.7 Å². The number of benzene rings is 1. The number of aromatic nitrogens is 1. The molecule has 182 valence electrons. The number of pyridine rings is 1. The summed E-state index contributed by atoms with van der Waals surface area (Å²) < 4.78 is 61.7. The van der Waals surface area contributed by atoms with E-state index in [0.29, 0.717) is 5.69 Å². The van der Waals surface area contributed by atoms with Crippen LogP contribution < -0.4 is 10.2 Å². The first kappa shape index (κ1) is 25.1. The second kappa shape index (κ2) is 10.6. The maximum atomic E-state index is 13.8. The van der Waals surface area contributed by atoms with Crippen LogP contribution in [0.25, 0.3) is 0 Å². The predicted molar refractivity (Wildman–Crippen MR) is 116 cm³/mol. The first-order chi connectivity index (χ1) is 16.1. The number of halogens is 3. The highest BCUT2D eigenvalue weighted by atomic mass is 32.2. The molecule has 0 aliphatic carbocycles. The fourth-order valence-electron chi connectivity index (χ4n) is 3.18. The molecule has 1 aromatic carbocycles. The van der Waals surface area contributed by atoms with E-state index in [-0.39, 0.29) is 42.4 Å². The largest absolute Gasteiger partial charge is 0.344 e.